The second-order valence-electron chi connectivity index (χ2n) is 2.20. The molecule has 0 bridgehead atoms. The van der Waals surface area contributed by atoms with Crippen molar-refractivity contribution in [3.05, 3.63) is 23.8 Å². The van der Waals surface area contributed by atoms with E-state index in [4.69, 9.17) is 0 Å². The van der Waals surface area contributed by atoms with Crippen molar-refractivity contribution in [1.29, 1.82) is 0 Å². The van der Waals surface area contributed by atoms with E-state index in [0.29, 0.717) is 6.42 Å². The predicted octanol–water partition coefficient (Wildman–Crippen LogP) is 1.68. The van der Waals surface area contributed by atoms with E-state index in [1.807, 2.05) is 0 Å². The molecule has 56 valence electrons. The highest BCUT2D eigenvalue weighted by Gasteiger charge is 2.12. The van der Waals surface area contributed by atoms with E-state index in [-0.39, 0.29) is 6.04 Å². The van der Waals surface area contributed by atoms with E-state index in [0.717, 1.165) is 0 Å². The van der Waals surface area contributed by atoms with Gasteiger partial charge in [0.1, 0.15) is 0 Å². The minimum Gasteiger partial charge on any atom is -0.313 e. The average molecular weight is 145 g/mol. The van der Waals surface area contributed by atoms with Crippen LogP contribution < -0.4 is 5.32 Å². The van der Waals surface area contributed by atoms with Crippen molar-refractivity contribution in [3.8, 4) is 0 Å². The minimum atomic E-state index is -0.759. The van der Waals surface area contributed by atoms with Crippen molar-refractivity contribution in [2.75, 3.05) is 7.05 Å². The van der Waals surface area contributed by atoms with Gasteiger partial charge in [0.05, 0.1) is 0 Å². The Kier molecular flexibility index (Phi) is 2.17. The minimum absolute atomic E-state index is 0.0560. The van der Waals surface area contributed by atoms with Crippen molar-refractivity contribution in [2.45, 2.75) is 12.5 Å². The Morgan fingerprint density at radius 1 is 1.50 bits per heavy atom. The average Bonchev–Trinajstić information content (AvgIpc) is 1.95. The van der Waals surface area contributed by atoms with Crippen LogP contribution in [0.3, 0.4) is 0 Å². The third-order valence-electron chi connectivity index (χ3n) is 1.50. The van der Waals surface area contributed by atoms with Crippen LogP contribution in [0.5, 0.6) is 0 Å². The second kappa shape index (κ2) is 2.92. The number of hydrogen-bond donors (Lipinski definition) is 1. The third-order valence-corrected chi connectivity index (χ3v) is 1.50. The molecule has 0 heterocycles. The molecule has 3 heteroatoms. The van der Waals surface area contributed by atoms with Gasteiger partial charge < -0.3 is 5.32 Å². The summed E-state index contributed by atoms with van der Waals surface area (Å²) in [5.41, 5.74) is 0. The summed E-state index contributed by atoms with van der Waals surface area (Å²) in [6, 6.07) is -0.0560. The van der Waals surface area contributed by atoms with Crippen LogP contribution in [-0.4, -0.2) is 13.1 Å². The Morgan fingerprint density at radius 2 is 2.20 bits per heavy atom. The lowest BCUT2D eigenvalue weighted by Crippen LogP contribution is -2.23. The van der Waals surface area contributed by atoms with Gasteiger partial charge in [-0.2, -0.15) is 0 Å². The fraction of sp³-hybridized carbons (Fsp3) is 0.429. The number of nitrogens with one attached hydrogen (secondary N) is 1. The van der Waals surface area contributed by atoms with E-state index < -0.39 is 11.7 Å². The summed E-state index contributed by atoms with van der Waals surface area (Å²) in [6.07, 6.45) is 3.02. The van der Waals surface area contributed by atoms with Crippen LogP contribution in [-0.2, 0) is 0 Å². The van der Waals surface area contributed by atoms with E-state index in [1.165, 1.54) is 12.2 Å². The van der Waals surface area contributed by atoms with Gasteiger partial charge in [-0.25, -0.2) is 8.78 Å². The molecule has 0 aliphatic heterocycles. The van der Waals surface area contributed by atoms with Crippen LogP contribution in [0.1, 0.15) is 6.42 Å². The number of allylic oxidation sites excluding steroid dienone is 2. The zero-order valence-corrected chi connectivity index (χ0v) is 5.70. The molecule has 10 heavy (non-hydrogen) atoms. The van der Waals surface area contributed by atoms with Crippen LogP contribution in [0.4, 0.5) is 8.78 Å². The van der Waals surface area contributed by atoms with Gasteiger partial charge in [-0.05, 0) is 25.6 Å². The van der Waals surface area contributed by atoms with Crippen LogP contribution in [0.25, 0.3) is 0 Å². The van der Waals surface area contributed by atoms with E-state index in [9.17, 15) is 8.78 Å². The van der Waals surface area contributed by atoms with Crippen LogP contribution >= 0.6 is 0 Å². The molecule has 1 rings (SSSR count). The Bertz CT molecular complexity index is 184. The summed E-state index contributed by atoms with van der Waals surface area (Å²) in [5, 5.41) is 2.83. The molecule has 0 saturated carbocycles. The highest BCUT2D eigenvalue weighted by atomic mass is 19.2. The first-order chi connectivity index (χ1) is 4.74. The molecule has 1 nitrogen and oxygen atoms in total. The Morgan fingerprint density at radius 3 is 2.70 bits per heavy atom. The molecule has 0 spiro atoms. The lowest BCUT2D eigenvalue weighted by molar-refractivity contribution is 0.509. The van der Waals surface area contributed by atoms with Crippen LogP contribution in [0.15, 0.2) is 23.8 Å². The highest BCUT2D eigenvalue weighted by molar-refractivity contribution is 5.25. The van der Waals surface area contributed by atoms with Gasteiger partial charge in [0.15, 0.2) is 11.7 Å². The van der Waals surface area contributed by atoms with Gasteiger partial charge in [0.25, 0.3) is 0 Å². The summed E-state index contributed by atoms with van der Waals surface area (Å²) < 4.78 is 24.7. The molecule has 0 aromatic rings. The molecule has 0 aromatic heterocycles. The number of likely N-dealkylation sites (N-methyl/N-ethyl adjacent to an activating group) is 1. The van der Waals surface area contributed by atoms with Crippen molar-refractivity contribution >= 4 is 0 Å². The van der Waals surface area contributed by atoms with E-state index >= 15 is 0 Å². The molecule has 0 radical (unpaired) electrons. The zero-order valence-electron chi connectivity index (χ0n) is 5.70. The van der Waals surface area contributed by atoms with E-state index in [1.54, 1.807) is 7.05 Å². The zero-order chi connectivity index (χ0) is 7.56. The maximum atomic E-state index is 12.4. The first-order valence-corrected chi connectivity index (χ1v) is 3.14. The molecule has 0 fully saturated rings. The van der Waals surface area contributed by atoms with Crippen LogP contribution in [0, 0.1) is 0 Å². The fourth-order valence-corrected chi connectivity index (χ4v) is 0.853. The number of rotatable bonds is 1. The molecular weight excluding hydrogens is 136 g/mol. The van der Waals surface area contributed by atoms with Crippen molar-refractivity contribution < 1.29 is 8.78 Å². The summed E-state index contributed by atoms with van der Waals surface area (Å²) in [6.45, 7) is 0. The fourth-order valence-electron chi connectivity index (χ4n) is 0.853. The van der Waals surface area contributed by atoms with E-state index in [2.05, 4.69) is 5.32 Å². The summed E-state index contributed by atoms with van der Waals surface area (Å²) in [4.78, 5) is 0. The first-order valence-electron chi connectivity index (χ1n) is 3.14. The Hall–Kier alpha value is -0.700. The molecule has 1 atom stereocenters. The first kappa shape index (κ1) is 7.41. The van der Waals surface area contributed by atoms with Gasteiger partial charge in [0, 0.05) is 6.04 Å². The topological polar surface area (TPSA) is 12.0 Å². The van der Waals surface area contributed by atoms with Gasteiger partial charge in [-0.15, -0.1) is 0 Å². The number of halogens is 2. The lowest BCUT2D eigenvalue weighted by Gasteiger charge is -2.12. The Balaban J connectivity index is 2.66. The van der Waals surface area contributed by atoms with Crippen LogP contribution in [0.2, 0.25) is 0 Å². The van der Waals surface area contributed by atoms with Gasteiger partial charge in [-0.3, -0.25) is 0 Å². The largest absolute Gasteiger partial charge is 0.313 e. The van der Waals surface area contributed by atoms with Crippen molar-refractivity contribution in [2.24, 2.45) is 0 Å². The normalized spacial score (nSPS) is 25.7. The monoisotopic (exact) mass is 145 g/mol. The standard InChI is InChI=1S/C7H9F2N/c1-10-5-2-3-6(8)7(9)4-5/h3-5,10H,2H2,1H3. The lowest BCUT2D eigenvalue weighted by atomic mass is 10.1. The van der Waals surface area contributed by atoms with Gasteiger partial charge in [-0.1, -0.05) is 0 Å². The van der Waals surface area contributed by atoms with Gasteiger partial charge in [0.2, 0.25) is 0 Å². The molecule has 1 aliphatic carbocycles. The van der Waals surface area contributed by atoms with Crippen molar-refractivity contribution in [1.82, 2.24) is 5.32 Å². The molecule has 0 saturated heterocycles. The Labute approximate surface area is 58.4 Å². The third kappa shape index (κ3) is 1.42. The summed E-state index contributed by atoms with van der Waals surface area (Å²) in [7, 11) is 1.71. The quantitative estimate of drug-likeness (QED) is 0.592. The number of hydrogen-bond acceptors (Lipinski definition) is 1. The molecule has 0 aromatic carbocycles. The smallest absolute Gasteiger partial charge is 0.156 e. The molecule has 1 aliphatic rings. The summed E-state index contributed by atoms with van der Waals surface area (Å²) >= 11 is 0. The highest BCUT2D eigenvalue weighted by Crippen LogP contribution is 2.20. The molecular formula is C7H9F2N. The maximum Gasteiger partial charge on any atom is 0.156 e. The molecule has 0 amide bonds. The summed E-state index contributed by atoms with van der Waals surface area (Å²) in [5.74, 6) is -1.50. The van der Waals surface area contributed by atoms with Crippen molar-refractivity contribution in [3.63, 3.8) is 0 Å². The molecule has 1 unspecified atom stereocenters. The second-order valence-corrected chi connectivity index (χ2v) is 2.20. The SMILES string of the molecule is CNC1C=C(F)C(F)=CC1. The van der Waals surface area contributed by atoms with Gasteiger partial charge >= 0.3 is 0 Å². The predicted molar refractivity (Wildman–Crippen MR) is 35.8 cm³/mol. The molecule has 1 N–H and O–H groups in total. The maximum absolute atomic E-state index is 12.4.